The van der Waals surface area contributed by atoms with Crippen molar-refractivity contribution in [3.05, 3.63) is 58.4 Å². The zero-order valence-corrected chi connectivity index (χ0v) is 16.9. The van der Waals surface area contributed by atoms with Crippen LogP contribution < -0.4 is 0 Å². The molecule has 0 saturated heterocycles. The molecule has 0 aliphatic rings. The van der Waals surface area contributed by atoms with Gasteiger partial charge in [0.2, 0.25) is 0 Å². The topological polar surface area (TPSA) is 44.1 Å². The summed E-state index contributed by atoms with van der Waals surface area (Å²) in [7, 11) is 0. The van der Waals surface area contributed by atoms with E-state index >= 15 is 0 Å². The van der Waals surface area contributed by atoms with E-state index in [1.54, 1.807) is 42.7 Å². The minimum absolute atomic E-state index is 0.225. The number of alkyl halides is 3. The van der Waals surface area contributed by atoms with Crippen LogP contribution in [0.2, 0.25) is 5.02 Å². The Balaban J connectivity index is 2.07. The summed E-state index contributed by atoms with van der Waals surface area (Å²) in [6.07, 6.45) is -4.03. The van der Waals surface area contributed by atoms with Crippen LogP contribution in [0.3, 0.4) is 0 Å². The number of ether oxygens (including phenoxy) is 1. The van der Waals surface area contributed by atoms with Crippen LogP contribution in [0.15, 0.2) is 36.4 Å². The second-order valence-electron chi connectivity index (χ2n) is 6.60. The minimum atomic E-state index is -4.55. The van der Waals surface area contributed by atoms with Crippen LogP contribution in [0.4, 0.5) is 13.2 Å². The Labute approximate surface area is 171 Å². The number of halogens is 4. The molecule has 2 aromatic carbocycles. The first-order valence-electron chi connectivity index (χ1n) is 9.22. The lowest BCUT2D eigenvalue weighted by Gasteiger charge is -2.13. The van der Waals surface area contributed by atoms with Crippen molar-refractivity contribution >= 4 is 28.6 Å². The van der Waals surface area contributed by atoms with Crippen LogP contribution in [0, 0.1) is 0 Å². The van der Waals surface area contributed by atoms with Crippen molar-refractivity contribution in [2.45, 2.75) is 39.3 Å². The van der Waals surface area contributed by atoms with E-state index in [1.807, 2.05) is 6.92 Å². The van der Waals surface area contributed by atoms with E-state index in [1.165, 1.54) is 6.07 Å². The van der Waals surface area contributed by atoms with Crippen LogP contribution in [0.5, 0.6) is 0 Å². The zero-order chi connectivity index (χ0) is 21.3. The second kappa shape index (κ2) is 8.06. The first-order valence-corrected chi connectivity index (χ1v) is 9.60. The maximum Gasteiger partial charge on any atom is 0.417 e. The maximum atomic E-state index is 13.2. The average Bonchev–Trinajstić information content (AvgIpc) is 3.03. The fraction of sp³-hybridized carbons (Fsp3) is 0.333. The molecule has 0 spiro atoms. The Kier molecular flexibility index (Phi) is 5.89. The largest absolute Gasteiger partial charge is 0.466 e. The summed E-state index contributed by atoms with van der Waals surface area (Å²) < 4.78 is 46.3. The molecule has 1 atom stereocenters. The molecule has 8 heteroatoms. The quantitative estimate of drug-likeness (QED) is 0.477. The van der Waals surface area contributed by atoms with Gasteiger partial charge in [0.05, 0.1) is 34.1 Å². The highest BCUT2D eigenvalue weighted by molar-refractivity contribution is 6.32. The first-order chi connectivity index (χ1) is 13.7. The highest BCUT2D eigenvalue weighted by Crippen LogP contribution is 2.38. The molecular weight excluding hydrogens is 405 g/mol. The van der Waals surface area contributed by atoms with Gasteiger partial charge in [-0.3, -0.25) is 9.36 Å². The van der Waals surface area contributed by atoms with E-state index in [9.17, 15) is 18.0 Å². The van der Waals surface area contributed by atoms with Gasteiger partial charge in [0.25, 0.3) is 0 Å². The number of aromatic nitrogens is 2. The van der Waals surface area contributed by atoms with Gasteiger partial charge in [-0.05, 0) is 43.7 Å². The van der Waals surface area contributed by atoms with Crippen LogP contribution in [-0.2, 0) is 22.1 Å². The molecule has 0 amide bonds. The van der Waals surface area contributed by atoms with E-state index in [0.29, 0.717) is 24.4 Å². The second-order valence-corrected chi connectivity index (χ2v) is 7.01. The average molecular weight is 425 g/mol. The molecule has 4 nitrogen and oxygen atoms in total. The van der Waals surface area contributed by atoms with Crippen molar-refractivity contribution in [1.29, 1.82) is 0 Å². The molecule has 0 bridgehead atoms. The van der Waals surface area contributed by atoms with Gasteiger partial charge in [0, 0.05) is 12.1 Å². The fourth-order valence-electron chi connectivity index (χ4n) is 3.21. The summed E-state index contributed by atoms with van der Waals surface area (Å²) >= 11 is 5.92. The maximum absolute atomic E-state index is 13.2. The third-order valence-corrected chi connectivity index (χ3v) is 5.04. The molecule has 3 aromatic rings. The lowest BCUT2D eigenvalue weighted by molar-refractivity contribution is -0.144. The molecule has 0 N–H and O–H groups in total. The number of esters is 1. The normalized spacial score (nSPS) is 12.9. The molecule has 0 saturated carbocycles. The highest BCUT2D eigenvalue weighted by Gasteiger charge is 2.34. The number of rotatable bonds is 5. The number of aryl methyl sites for hydroxylation is 1. The summed E-state index contributed by atoms with van der Waals surface area (Å²) in [5.74, 6) is -0.117. The molecule has 1 unspecified atom stereocenters. The Morgan fingerprint density at radius 2 is 1.86 bits per heavy atom. The third-order valence-electron chi connectivity index (χ3n) is 4.73. The van der Waals surface area contributed by atoms with Crippen molar-refractivity contribution in [2.75, 3.05) is 6.61 Å². The molecule has 29 heavy (non-hydrogen) atoms. The van der Waals surface area contributed by atoms with Gasteiger partial charge in [-0.1, -0.05) is 30.7 Å². The zero-order valence-electron chi connectivity index (χ0n) is 16.2. The van der Waals surface area contributed by atoms with Crippen LogP contribution in [-0.4, -0.2) is 22.1 Å². The standard InChI is InChI=1S/C21H20ClF3N2O2/c1-4-19-26-17-10-15(21(23,24)25)16(22)11-18(17)27(19)14-8-6-13(7-9-14)12(3)20(28)29-5-2/h6-12H,4-5H2,1-3H3. The molecule has 1 aromatic heterocycles. The van der Waals surface area contributed by atoms with Crippen molar-refractivity contribution in [3.63, 3.8) is 0 Å². The number of benzene rings is 2. The summed E-state index contributed by atoms with van der Waals surface area (Å²) in [5.41, 5.74) is 1.32. The van der Waals surface area contributed by atoms with Gasteiger partial charge in [-0.15, -0.1) is 0 Å². The monoisotopic (exact) mass is 424 g/mol. The molecule has 0 fully saturated rings. The van der Waals surface area contributed by atoms with Gasteiger partial charge >= 0.3 is 12.1 Å². The van der Waals surface area contributed by atoms with E-state index < -0.39 is 17.7 Å². The first kappa shape index (κ1) is 21.2. The molecule has 0 aliphatic carbocycles. The van der Waals surface area contributed by atoms with Crippen LogP contribution in [0.25, 0.3) is 16.7 Å². The smallest absolute Gasteiger partial charge is 0.417 e. The molecule has 1 heterocycles. The van der Waals surface area contributed by atoms with Gasteiger partial charge < -0.3 is 4.74 Å². The Morgan fingerprint density at radius 1 is 1.21 bits per heavy atom. The van der Waals surface area contributed by atoms with E-state index in [2.05, 4.69) is 4.98 Å². The fourth-order valence-corrected chi connectivity index (χ4v) is 3.47. The molecular formula is C21H20ClF3N2O2. The minimum Gasteiger partial charge on any atom is -0.466 e. The van der Waals surface area contributed by atoms with E-state index in [-0.39, 0.29) is 16.5 Å². The molecule has 3 rings (SSSR count). The van der Waals surface area contributed by atoms with Gasteiger partial charge in [0.1, 0.15) is 5.82 Å². The number of imidazole rings is 1. The Morgan fingerprint density at radius 3 is 2.41 bits per heavy atom. The SMILES string of the molecule is CCOC(=O)C(C)c1ccc(-n2c(CC)nc3cc(C(F)(F)F)c(Cl)cc32)cc1. The summed E-state index contributed by atoms with van der Waals surface area (Å²) in [6, 6.07) is 9.47. The predicted molar refractivity (Wildman–Crippen MR) is 106 cm³/mol. The van der Waals surface area contributed by atoms with E-state index in [0.717, 1.165) is 17.3 Å². The van der Waals surface area contributed by atoms with Crippen molar-refractivity contribution in [3.8, 4) is 5.69 Å². The predicted octanol–water partition coefficient (Wildman–Crippen LogP) is 5.93. The summed E-state index contributed by atoms with van der Waals surface area (Å²) in [4.78, 5) is 16.3. The number of hydrogen-bond donors (Lipinski definition) is 0. The summed E-state index contributed by atoms with van der Waals surface area (Å²) in [6.45, 7) is 5.69. The van der Waals surface area contributed by atoms with Crippen molar-refractivity contribution in [2.24, 2.45) is 0 Å². The lowest BCUT2D eigenvalue weighted by atomic mass is 10.0. The van der Waals surface area contributed by atoms with Crippen LogP contribution >= 0.6 is 11.6 Å². The number of hydrogen-bond acceptors (Lipinski definition) is 3. The van der Waals surface area contributed by atoms with Crippen LogP contribution in [0.1, 0.15) is 43.6 Å². The molecule has 0 aliphatic heterocycles. The Bertz CT molecular complexity index is 1040. The molecule has 0 radical (unpaired) electrons. The van der Waals surface area contributed by atoms with Crippen molar-refractivity contribution < 1.29 is 22.7 Å². The van der Waals surface area contributed by atoms with Crippen molar-refractivity contribution in [1.82, 2.24) is 9.55 Å². The van der Waals surface area contributed by atoms with Gasteiger partial charge in [-0.2, -0.15) is 13.2 Å². The summed E-state index contributed by atoms with van der Waals surface area (Å²) in [5, 5.41) is -0.374. The Hall–Kier alpha value is -2.54. The number of nitrogens with zero attached hydrogens (tertiary/aromatic N) is 2. The molecule has 154 valence electrons. The number of fused-ring (bicyclic) bond motifs is 1. The lowest BCUT2D eigenvalue weighted by Crippen LogP contribution is -2.13. The van der Waals surface area contributed by atoms with Gasteiger partial charge in [0.15, 0.2) is 0 Å². The van der Waals surface area contributed by atoms with E-state index in [4.69, 9.17) is 16.3 Å². The number of carbonyl (C=O) groups excluding carboxylic acids is 1. The number of carbonyl (C=O) groups is 1. The highest BCUT2D eigenvalue weighted by atomic mass is 35.5. The van der Waals surface area contributed by atoms with Gasteiger partial charge in [-0.25, -0.2) is 4.98 Å². The third kappa shape index (κ3) is 4.10.